The zero-order valence-electron chi connectivity index (χ0n) is 13.2. The summed E-state index contributed by atoms with van der Waals surface area (Å²) in [5.41, 5.74) is 3.59. The van der Waals surface area contributed by atoms with E-state index in [0.717, 1.165) is 12.2 Å². The first-order chi connectivity index (χ1) is 11.6. The van der Waals surface area contributed by atoms with Crippen LogP contribution in [0.2, 0.25) is 0 Å². The van der Waals surface area contributed by atoms with Crippen molar-refractivity contribution >= 4 is 23.6 Å². The van der Waals surface area contributed by atoms with Gasteiger partial charge < -0.3 is 10.4 Å². The Bertz CT molecular complexity index is 760. The average molecular weight is 341 g/mol. The molecule has 1 unspecified atom stereocenters. The van der Waals surface area contributed by atoms with E-state index in [1.54, 1.807) is 18.2 Å². The second-order valence-electron chi connectivity index (χ2n) is 5.79. The van der Waals surface area contributed by atoms with E-state index in [1.807, 2.05) is 17.8 Å². The van der Waals surface area contributed by atoms with Gasteiger partial charge in [-0.1, -0.05) is 36.4 Å². The minimum Gasteiger partial charge on any atom is -0.478 e. The summed E-state index contributed by atoms with van der Waals surface area (Å²) in [4.78, 5) is 23.2. The summed E-state index contributed by atoms with van der Waals surface area (Å²) in [6.45, 7) is 0.596. The molecular formula is C19H19NO3S. The molecule has 0 saturated carbocycles. The number of aryl methyl sites for hydroxylation is 1. The Kier molecular flexibility index (Phi) is 5.20. The van der Waals surface area contributed by atoms with E-state index in [4.69, 9.17) is 5.11 Å². The van der Waals surface area contributed by atoms with Crippen LogP contribution in [0.4, 0.5) is 0 Å². The van der Waals surface area contributed by atoms with Crippen molar-refractivity contribution in [2.45, 2.75) is 18.1 Å². The van der Waals surface area contributed by atoms with Crippen LogP contribution in [0, 0.1) is 0 Å². The van der Waals surface area contributed by atoms with Crippen LogP contribution >= 0.6 is 11.8 Å². The number of carbonyl (C=O) groups excluding carboxylic acids is 1. The maximum atomic E-state index is 12.2. The predicted molar refractivity (Wildman–Crippen MR) is 95.5 cm³/mol. The van der Waals surface area contributed by atoms with Gasteiger partial charge in [-0.25, -0.2) is 4.79 Å². The number of hydrogen-bond acceptors (Lipinski definition) is 3. The molecule has 5 heteroatoms. The summed E-state index contributed by atoms with van der Waals surface area (Å²) in [6, 6.07) is 14.9. The fourth-order valence-electron chi connectivity index (χ4n) is 2.91. The van der Waals surface area contributed by atoms with E-state index in [-0.39, 0.29) is 23.1 Å². The van der Waals surface area contributed by atoms with Gasteiger partial charge in [0, 0.05) is 11.8 Å². The van der Waals surface area contributed by atoms with Gasteiger partial charge in [-0.3, -0.25) is 4.79 Å². The van der Waals surface area contributed by atoms with Crippen molar-refractivity contribution in [1.82, 2.24) is 5.32 Å². The third-order valence-corrected chi connectivity index (χ3v) is 5.38. The zero-order chi connectivity index (χ0) is 16.9. The molecule has 2 N–H and O–H groups in total. The molecule has 1 aliphatic heterocycles. The van der Waals surface area contributed by atoms with E-state index in [2.05, 4.69) is 23.5 Å². The summed E-state index contributed by atoms with van der Waals surface area (Å²) in [6.07, 6.45) is 1.27. The SMILES string of the molecule is O=C(Cc1cccc(C(=O)O)c1)NCC1SCCc2ccccc21. The van der Waals surface area contributed by atoms with Crippen molar-refractivity contribution in [1.29, 1.82) is 0 Å². The Hall–Kier alpha value is -2.27. The van der Waals surface area contributed by atoms with Gasteiger partial charge in [-0.05, 0) is 41.0 Å². The number of rotatable bonds is 5. The fraction of sp³-hybridized carbons (Fsp3) is 0.263. The third-order valence-electron chi connectivity index (χ3n) is 4.12. The molecule has 0 radical (unpaired) electrons. The first-order valence-corrected chi connectivity index (χ1v) is 8.96. The number of benzene rings is 2. The molecule has 0 bridgehead atoms. The normalized spacial score (nSPS) is 16.2. The topological polar surface area (TPSA) is 66.4 Å². The molecule has 2 aromatic carbocycles. The van der Waals surface area contributed by atoms with Crippen molar-refractivity contribution in [2.24, 2.45) is 0 Å². The van der Waals surface area contributed by atoms with Crippen molar-refractivity contribution in [3.8, 4) is 0 Å². The highest BCUT2D eigenvalue weighted by Crippen LogP contribution is 2.35. The summed E-state index contributed by atoms with van der Waals surface area (Å²) >= 11 is 1.87. The van der Waals surface area contributed by atoms with Crippen molar-refractivity contribution in [2.75, 3.05) is 12.3 Å². The molecule has 124 valence electrons. The van der Waals surface area contributed by atoms with Gasteiger partial charge in [0.2, 0.25) is 5.91 Å². The minimum atomic E-state index is -0.979. The van der Waals surface area contributed by atoms with Gasteiger partial charge in [0.15, 0.2) is 0 Å². The monoisotopic (exact) mass is 341 g/mol. The molecule has 1 aliphatic rings. The lowest BCUT2D eigenvalue weighted by Crippen LogP contribution is -2.30. The largest absolute Gasteiger partial charge is 0.478 e. The fourth-order valence-corrected chi connectivity index (χ4v) is 4.15. The number of carboxylic acids is 1. The standard InChI is InChI=1S/C19H19NO3S/c21-18(11-13-4-3-6-15(10-13)19(22)23)20-12-17-16-7-2-1-5-14(16)8-9-24-17/h1-7,10,17H,8-9,11-12H2,(H,20,21)(H,22,23). The minimum absolute atomic E-state index is 0.0822. The number of hydrogen-bond donors (Lipinski definition) is 2. The van der Waals surface area contributed by atoms with Gasteiger partial charge in [-0.15, -0.1) is 0 Å². The molecule has 1 amide bonds. The number of thioether (sulfide) groups is 1. The van der Waals surface area contributed by atoms with Crippen LogP contribution in [-0.4, -0.2) is 29.3 Å². The first kappa shape index (κ1) is 16.6. The van der Waals surface area contributed by atoms with E-state index < -0.39 is 5.97 Å². The smallest absolute Gasteiger partial charge is 0.335 e. The molecule has 0 fully saturated rings. The lowest BCUT2D eigenvalue weighted by atomic mass is 10.0. The highest BCUT2D eigenvalue weighted by Gasteiger charge is 2.20. The van der Waals surface area contributed by atoms with Crippen LogP contribution in [-0.2, 0) is 17.6 Å². The molecule has 1 heterocycles. The molecule has 4 nitrogen and oxygen atoms in total. The van der Waals surface area contributed by atoms with Crippen LogP contribution < -0.4 is 5.32 Å². The number of aromatic carboxylic acids is 1. The van der Waals surface area contributed by atoms with E-state index >= 15 is 0 Å². The summed E-state index contributed by atoms with van der Waals surface area (Å²) in [5.74, 6) is 0.00624. The van der Waals surface area contributed by atoms with Crippen LogP contribution in [0.5, 0.6) is 0 Å². The lowest BCUT2D eigenvalue weighted by Gasteiger charge is -2.25. The van der Waals surface area contributed by atoms with Gasteiger partial charge in [0.1, 0.15) is 0 Å². The second-order valence-corrected chi connectivity index (χ2v) is 7.11. The van der Waals surface area contributed by atoms with Gasteiger partial charge in [0.05, 0.1) is 12.0 Å². The highest BCUT2D eigenvalue weighted by molar-refractivity contribution is 7.99. The Labute approximate surface area is 145 Å². The predicted octanol–water partition coefficient (Wildman–Crippen LogP) is 3.07. The van der Waals surface area contributed by atoms with E-state index in [9.17, 15) is 9.59 Å². The molecular weight excluding hydrogens is 322 g/mol. The Morgan fingerprint density at radius 1 is 1.17 bits per heavy atom. The number of fused-ring (bicyclic) bond motifs is 1. The van der Waals surface area contributed by atoms with E-state index in [1.165, 1.54) is 17.2 Å². The van der Waals surface area contributed by atoms with Crippen molar-refractivity contribution in [3.63, 3.8) is 0 Å². The maximum Gasteiger partial charge on any atom is 0.335 e. The molecule has 0 aromatic heterocycles. The molecule has 0 saturated heterocycles. The lowest BCUT2D eigenvalue weighted by molar-refractivity contribution is -0.120. The molecule has 0 aliphatic carbocycles. The summed E-state index contributed by atoms with van der Waals surface area (Å²) in [5, 5.41) is 12.3. The number of carboxylic acid groups (broad SMARTS) is 1. The maximum absolute atomic E-state index is 12.2. The highest BCUT2D eigenvalue weighted by atomic mass is 32.2. The quantitative estimate of drug-likeness (QED) is 0.877. The van der Waals surface area contributed by atoms with Crippen LogP contribution in [0.25, 0.3) is 0 Å². The number of carbonyl (C=O) groups is 2. The first-order valence-electron chi connectivity index (χ1n) is 7.92. The molecule has 0 spiro atoms. The van der Waals surface area contributed by atoms with Crippen molar-refractivity contribution in [3.05, 3.63) is 70.8 Å². The Morgan fingerprint density at radius 2 is 2.00 bits per heavy atom. The van der Waals surface area contributed by atoms with Crippen molar-refractivity contribution < 1.29 is 14.7 Å². The molecule has 24 heavy (non-hydrogen) atoms. The average Bonchev–Trinajstić information content (AvgIpc) is 2.60. The third kappa shape index (κ3) is 3.97. The van der Waals surface area contributed by atoms with E-state index in [0.29, 0.717) is 12.1 Å². The molecule has 2 aromatic rings. The number of nitrogens with one attached hydrogen (secondary N) is 1. The Balaban J connectivity index is 1.59. The molecule has 3 rings (SSSR count). The zero-order valence-corrected chi connectivity index (χ0v) is 14.0. The summed E-state index contributed by atoms with van der Waals surface area (Å²) < 4.78 is 0. The summed E-state index contributed by atoms with van der Waals surface area (Å²) in [7, 11) is 0. The van der Waals surface area contributed by atoms with Gasteiger partial charge in [0.25, 0.3) is 0 Å². The van der Waals surface area contributed by atoms with Crippen LogP contribution in [0.15, 0.2) is 48.5 Å². The van der Waals surface area contributed by atoms with Gasteiger partial charge >= 0.3 is 5.97 Å². The van der Waals surface area contributed by atoms with Crippen LogP contribution in [0.1, 0.15) is 32.3 Å². The number of amides is 1. The second kappa shape index (κ2) is 7.53. The molecule has 1 atom stereocenters. The van der Waals surface area contributed by atoms with Crippen LogP contribution in [0.3, 0.4) is 0 Å². The van der Waals surface area contributed by atoms with Gasteiger partial charge in [-0.2, -0.15) is 11.8 Å². The Morgan fingerprint density at radius 3 is 2.83 bits per heavy atom.